The first-order valence-electron chi connectivity index (χ1n) is 7.71. The number of aliphatic hydroxyl groups is 1. The van der Waals surface area contributed by atoms with Crippen LogP contribution < -0.4 is 15.4 Å². The summed E-state index contributed by atoms with van der Waals surface area (Å²) in [5, 5.41) is 15.3. The van der Waals surface area contributed by atoms with Crippen LogP contribution in [0.4, 0.5) is 10.5 Å². The van der Waals surface area contributed by atoms with Crippen molar-refractivity contribution in [1.29, 1.82) is 0 Å². The number of carbonyl (C=O) groups is 1. The maximum atomic E-state index is 11.5. The summed E-state index contributed by atoms with van der Waals surface area (Å²) in [4.78, 5) is 11.5. The molecular weight excluding hydrogens is 320 g/mol. The zero-order valence-corrected chi connectivity index (χ0v) is 14.5. The Balaban J connectivity index is 0.00000484. The molecule has 7 heteroatoms. The largest absolute Gasteiger partial charge is 0.491 e. The standard InChI is InChI=1S/C16H26N2O4.ClH/c1-3-5-10-21-16(20)18-13-6-8-15(9-7-13)22-12-14(19)11-17-4-2;/h6-9,14,17,19H,3-5,10-12H2,1-2H3,(H,18,20);1H. The summed E-state index contributed by atoms with van der Waals surface area (Å²) in [5.41, 5.74) is 0.641. The zero-order chi connectivity index (χ0) is 16.2. The molecule has 0 radical (unpaired) electrons. The van der Waals surface area contributed by atoms with Gasteiger partial charge in [-0.25, -0.2) is 4.79 Å². The number of nitrogens with one attached hydrogen (secondary N) is 2. The van der Waals surface area contributed by atoms with Crippen molar-refractivity contribution in [1.82, 2.24) is 5.32 Å². The van der Waals surface area contributed by atoms with Crippen molar-refractivity contribution in [3.8, 4) is 5.75 Å². The van der Waals surface area contributed by atoms with Crippen LogP contribution in [0.2, 0.25) is 0 Å². The maximum Gasteiger partial charge on any atom is 0.411 e. The van der Waals surface area contributed by atoms with Crippen molar-refractivity contribution in [2.24, 2.45) is 0 Å². The third kappa shape index (κ3) is 9.99. The monoisotopic (exact) mass is 346 g/mol. The van der Waals surface area contributed by atoms with Crippen molar-refractivity contribution in [2.75, 3.05) is 31.6 Å². The van der Waals surface area contributed by atoms with Crippen LogP contribution in [0.15, 0.2) is 24.3 Å². The van der Waals surface area contributed by atoms with Gasteiger partial charge in [0.1, 0.15) is 18.5 Å². The lowest BCUT2D eigenvalue weighted by Gasteiger charge is -2.13. The lowest BCUT2D eigenvalue weighted by atomic mass is 10.3. The Kier molecular flexibility index (Phi) is 12.1. The van der Waals surface area contributed by atoms with E-state index in [-0.39, 0.29) is 19.0 Å². The molecule has 0 saturated heterocycles. The molecule has 1 aromatic rings. The van der Waals surface area contributed by atoms with E-state index in [4.69, 9.17) is 9.47 Å². The Morgan fingerprint density at radius 1 is 1.26 bits per heavy atom. The van der Waals surface area contributed by atoms with Crippen LogP contribution in [0.1, 0.15) is 26.7 Å². The number of unbranched alkanes of at least 4 members (excludes halogenated alkanes) is 1. The van der Waals surface area contributed by atoms with Crippen molar-refractivity contribution < 1.29 is 19.4 Å². The fraction of sp³-hybridized carbons (Fsp3) is 0.562. The molecule has 0 fully saturated rings. The predicted molar refractivity (Wildman–Crippen MR) is 93.6 cm³/mol. The first kappa shape index (κ1) is 21.5. The molecule has 132 valence electrons. The lowest BCUT2D eigenvalue weighted by Crippen LogP contribution is -2.31. The van der Waals surface area contributed by atoms with Crippen LogP contribution in [0, 0.1) is 0 Å². The highest BCUT2D eigenvalue weighted by atomic mass is 35.5. The molecule has 1 atom stereocenters. The molecule has 23 heavy (non-hydrogen) atoms. The van der Waals surface area contributed by atoms with E-state index >= 15 is 0 Å². The van der Waals surface area contributed by atoms with Crippen LogP contribution in [0.3, 0.4) is 0 Å². The molecule has 0 spiro atoms. The number of hydrogen-bond acceptors (Lipinski definition) is 5. The van der Waals surface area contributed by atoms with Crippen molar-refractivity contribution >= 4 is 24.2 Å². The second kappa shape index (κ2) is 13.0. The van der Waals surface area contributed by atoms with E-state index in [0.29, 0.717) is 24.6 Å². The van der Waals surface area contributed by atoms with Gasteiger partial charge in [0.2, 0.25) is 0 Å². The summed E-state index contributed by atoms with van der Waals surface area (Å²) in [7, 11) is 0. The van der Waals surface area contributed by atoms with Crippen LogP contribution in [-0.4, -0.2) is 43.6 Å². The third-order valence-corrected chi connectivity index (χ3v) is 2.90. The molecule has 1 unspecified atom stereocenters. The lowest BCUT2D eigenvalue weighted by molar-refractivity contribution is 0.107. The highest BCUT2D eigenvalue weighted by Gasteiger charge is 2.05. The molecule has 0 aromatic heterocycles. The van der Waals surface area contributed by atoms with Gasteiger partial charge in [0.15, 0.2) is 0 Å². The van der Waals surface area contributed by atoms with E-state index in [1.54, 1.807) is 24.3 Å². The van der Waals surface area contributed by atoms with Crippen LogP contribution >= 0.6 is 12.4 Å². The van der Waals surface area contributed by atoms with E-state index in [9.17, 15) is 9.90 Å². The van der Waals surface area contributed by atoms with Gasteiger partial charge in [-0.15, -0.1) is 12.4 Å². The summed E-state index contributed by atoms with van der Waals surface area (Å²) in [6.07, 6.45) is 0.837. The number of hydrogen-bond donors (Lipinski definition) is 3. The summed E-state index contributed by atoms with van der Waals surface area (Å²) in [5.74, 6) is 0.639. The second-order valence-electron chi connectivity index (χ2n) is 4.91. The quantitative estimate of drug-likeness (QED) is 0.568. The molecule has 3 N–H and O–H groups in total. The number of likely N-dealkylation sites (N-methyl/N-ethyl adjacent to an activating group) is 1. The van der Waals surface area contributed by atoms with Gasteiger partial charge >= 0.3 is 6.09 Å². The highest BCUT2D eigenvalue weighted by Crippen LogP contribution is 2.16. The summed E-state index contributed by atoms with van der Waals surface area (Å²) >= 11 is 0. The van der Waals surface area contributed by atoms with Crippen molar-refractivity contribution in [3.05, 3.63) is 24.3 Å². The van der Waals surface area contributed by atoms with E-state index < -0.39 is 12.2 Å². The van der Waals surface area contributed by atoms with E-state index in [1.165, 1.54) is 0 Å². The van der Waals surface area contributed by atoms with Crippen molar-refractivity contribution in [2.45, 2.75) is 32.8 Å². The molecule has 1 rings (SSSR count). The fourth-order valence-corrected chi connectivity index (χ4v) is 1.66. The van der Waals surface area contributed by atoms with Gasteiger partial charge in [0.25, 0.3) is 0 Å². The van der Waals surface area contributed by atoms with Gasteiger partial charge in [0.05, 0.1) is 6.61 Å². The molecule has 0 aliphatic rings. The third-order valence-electron chi connectivity index (χ3n) is 2.90. The van der Waals surface area contributed by atoms with Gasteiger partial charge < -0.3 is 19.9 Å². The minimum atomic E-state index is -0.550. The molecule has 1 aromatic carbocycles. The number of anilines is 1. The molecule has 6 nitrogen and oxygen atoms in total. The number of halogens is 1. The summed E-state index contributed by atoms with van der Waals surface area (Å²) in [6.45, 7) is 5.97. The molecule has 0 heterocycles. The van der Waals surface area contributed by atoms with E-state index in [2.05, 4.69) is 10.6 Å². The normalized spacial score (nSPS) is 11.3. The number of aliphatic hydroxyl groups excluding tert-OH is 1. The Morgan fingerprint density at radius 2 is 1.96 bits per heavy atom. The smallest absolute Gasteiger partial charge is 0.411 e. The van der Waals surface area contributed by atoms with Gasteiger partial charge in [-0.3, -0.25) is 5.32 Å². The zero-order valence-electron chi connectivity index (χ0n) is 13.7. The number of rotatable bonds is 10. The predicted octanol–water partition coefficient (Wildman–Crippen LogP) is 2.81. The molecule has 0 aliphatic carbocycles. The van der Waals surface area contributed by atoms with Crippen molar-refractivity contribution in [3.63, 3.8) is 0 Å². The highest BCUT2D eigenvalue weighted by molar-refractivity contribution is 5.85. The minimum absolute atomic E-state index is 0. The summed E-state index contributed by atoms with van der Waals surface area (Å²) in [6, 6.07) is 6.93. The Hall–Kier alpha value is -1.50. The topological polar surface area (TPSA) is 79.8 Å². The van der Waals surface area contributed by atoms with E-state index in [0.717, 1.165) is 19.4 Å². The second-order valence-corrected chi connectivity index (χ2v) is 4.91. The van der Waals surface area contributed by atoms with Crippen LogP contribution in [-0.2, 0) is 4.74 Å². The Labute approximate surface area is 144 Å². The number of ether oxygens (including phenoxy) is 2. The molecule has 0 bridgehead atoms. The molecule has 0 aliphatic heterocycles. The first-order chi connectivity index (χ1) is 10.7. The molecule has 0 saturated carbocycles. The fourth-order valence-electron chi connectivity index (χ4n) is 1.66. The molecule has 1 amide bonds. The molecular formula is C16H27ClN2O4. The van der Waals surface area contributed by atoms with Crippen LogP contribution in [0.5, 0.6) is 5.75 Å². The minimum Gasteiger partial charge on any atom is -0.491 e. The van der Waals surface area contributed by atoms with Gasteiger partial charge in [-0.2, -0.15) is 0 Å². The average molecular weight is 347 g/mol. The van der Waals surface area contributed by atoms with Crippen LogP contribution in [0.25, 0.3) is 0 Å². The average Bonchev–Trinajstić information content (AvgIpc) is 2.52. The number of amides is 1. The van der Waals surface area contributed by atoms with Gasteiger partial charge in [0, 0.05) is 12.2 Å². The number of benzene rings is 1. The Bertz CT molecular complexity index is 429. The van der Waals surface area contributed by atoms with E-state index in [1.807, 2.05) is 13.8 Å². The first-order valence-corrected chi connectivity index (χ1v) is 7.71. The number of carbonyl (C=O) groups excluding carboxylic acids is 1. The Morgan fingerprint density at radius 3 is 2.57 bits per heavy atom. The SMILES string of the molecule is CCCCOC(=O)Nc1ccc(OCC(O)CNCC)cc1.Cl. The maximum absolute atomic E-state index is 11.5. The van der Waals surface area contributed by atoms with Gasteiger partial charge in [-0.05, 0) is 37.2 Å². The summed E-state index contributed by atoms with van der Waals surface area (Å²) < 4.78 is 10.5. The van der Waals surface area contributed by atoms with Gasteiger partial charge in [-0.1, -0.05) is 20.3 Å².